The molecule has 0 atom stereocenters. The molecule has 0 spiro atoms. The minimum Gasteiger partial charge on any atom is -0.345 e. The molecule has 0 unspecified atom stereocenters. The maximum atomic E-state index is 12.5. The van der Waals surface area contributed by atoms with Gasteiger partial charge in [0.2, 0.25) is 0 Å². The molecule has 0 bridgehead atoms. The van der Waals surface area contributed by atoms with Crippen molar-refractivity contribution in [3.63, 3.8) is 0 Å². The number of rotatable bonds is 4. The lowest BCUT2D eigenvalue weighted by molar-refractivity contribution is 0.0954. The molecule has 0 saturated carbocycles. The summed E-state index contributed by atoms with van der Waals surface area (Å²) in [5.41, 5.74) is 2.37. The number of aryl methyl sites for hydroxylation is 1. The zero-order valence-corrected chi connectivity index (χ0v) is 15.4. The van der Waals surface area contributed by atoms with E-state index < -0.39 is 0 Å². The van der Waals surface area contributed by atoms with Gasteiger partial charge < -0.3 is 10.3 Å². The normalized spacial score (nSPS) is 11.0. The Balaban J connectivity index is 1.51. The molecule has 0 aliphatic rings. The van der Waals surface area contributed by atoms with E-state index in [0.29, 0.717) is 27.2 Å². The van der Waals surface area contributed by atoms with E-state index >= 15 is 0 Å². The Labute approximate surface area is 156 Å². The lowest BCUT2D eigenvalue weighted by Crippen LogP contribution is -2.22. The molecule has 3 heterocycles. The SMILES string of the molecule is Cc1c(C(=O)NCc2nc(-c3ccccc3)cs2)sc2nc[nH]c(=O)c12. The van der Waals surface area contributed by atoms with Crippen LogP contribution >= 0.6 is 22.7 Å². The third-order valence-corrected chi connectivity index (χ3v) is 6.01. The van der Waals surface area contributed by atoms with E-state index in [-0.39, 0.29) is 11.5 Å². The van der Waals surface area contributed by atoms with Gasteiger partial charge >= 0.3 is 0 Å². The molecule has 2 N–H and O–H groups in total. The van der Waals surface area contributed by atoms with Crippen molar-refractivity contribution in [2.24, 2.45) is 0 Å². The Hall–Kier alpha value is -2.84. The number of hydrogen-bond acceptors (Lipinski definition) is 6. The molecule has 1 aromatic carbocycles. The van der Waals surface area contributed by atoms with Crippen LogP contribution in [0.2, 0.25) is 0 Å². The summed E-state index contributed by atoms with van der Waals surface area (Å²) in [6.45, 7) is 2.11. The van der Waals surface area contributed by atoms with Crippen LogP contribution in [-0.2, 0) is 6.54 Å². The Morgan fingerprint density at radius 1 is 1.27 bits per heavy atom. The molecule has 4 rings (SSSR count). The van der Waals surface area contributed by atoms with Crippen LogP contribution in [0.4, 0.5) is 0 Å². The summed E-state index contributed by atoms with van der Waals surface area (Å²) in [7, 11) is 0. The molecule has 1 amide bonds. The monoisotopic (exact) mass is 382 g/mol. The summed E-state index contributed by atoms with van der Waals surface area (Å²) in [5.74, 6) is -0.221. The van der Waals surface area contributed by atoms with Gasteiger partial charge in [0.05, 0.1) is 28.8 Å². The van der Waals surface area contributed by atoms with Crippen molar-refractivity contribution in [1.82, 2.24) is 20.3 Å². The summed E-state index contributed by atoms with van der Waals surface area (Å²) in [6.07, 6.45) is 1.35. The molecule has 130 valence electrons. The van der Waals surface area contributed by atoms with Gasteiger partial charge in [-0.25, -0.2) is 9.97 Å². The highest BCUT2D eigenvalue weighted by atomic mass is 32.1. The lowest BCUT2D eigenvalue weighted by atomic mass is 10.2. The van der Waals surface area contributed by atoms with Crippen LogP contribution in [0, 0.1) is 6.92 Å². The molecule has 6 nitrogen and oxygen atoms in total. The number of H-pyrrole nitrogens is 1. The molecule has 0 aliphatic carbocycles. The minimum atomic E-state index is -0.227. The highest BCUT2D eigenvalue weighted by Crippen LogP contribution is 2.26. The number of fused-ring (bicyclic) bond motifs is 1. The second-order valence-electron chi connectivity index (χ2n) is 5.64. The number of aromatic amines is 1. The van der Waals surface area contributed by atoms with Gasteiger partial charge in [0.15, 0.2) is 0 Å². The maximum absolute atomic E-state index is 12.5. The quantitative estimate of drug-likeness (QED) is 0.567. The fourth-order valence-corrected chi connectivity index (χ4v) is 4.47. The van der Waals surface area contributed by atoms with E-state index in [4.69, 9.17) is 0 Å². The van der Waals surface area contributed by atoms with Crippen LogP contribution in [0.25, 0.3) is 21.5 Å². The van der Waals surface area contributed by atoms with Gasteiger partial charge in [-0.05, 0) is 12.5 Å². The first kappa shape index (κ1) is 16.6. The average Bonchev–Trinajstić information content (AvgIpc) is 3.26. The number of benzene rings is 1. The molecule has 8 heteroatoms. The average molecular weight is 382 g/mol. The minimum absolute atomic E-state index is 0.221. The van der Waals surface area contributed by atoms with Crippen molar-refractivity contribution in [1.29, 1.82) is 0 Å². The number of thiazole rings is 1. The molecular formula is C18H14N4O2S2. The van der Waals surface area contributed by atoms with E-state index in [1.807, 2.05) is 35.7 Å². The van der Waals surface area contributed by atoms with Gasteiger partial charge in [-0.1, -0.05) is 30.3 Å². The lowest BCUT2D eigenvalue weighted by Gasteiger charge is -2.02. The van der Waals surface area contributed by atoms with Crippen LogP contribution in [0.15, 0.2) is 46.8 Å². The number of aromatic nitrogens is 3. The van der Waals surface area contributed by atoms with Crippen molar-refractivity contribution in [3.05, 3.63) is 67.8 Å². The second-order valence-corrected chi connectivity index (χ2v) is 7.58. The smallest absolute Gasteiger partial charge is 0.262 e. The van der Waals surface area contributed by atoms with Crippen molar-refractivity contribution >= 4 is 38.8 Å². The summed E-state index contributed by atoms with van der Waals surface area (Å²) in [6, 6.07) is 9.90. The van der Waals surface area contributed by atoms with Crippen LogP contribution in [-0.4, -0.2) is 20.9 Å². The summed E-state index contributed by atoms with van der Waals surface area (Å²) in [4.78, 5) is 36.8. The fraction of sp³-hybridized carbons (Fsp3) is 0.111. The van der Waals surface area contributed by atoms with Gasteiger partial charge in [0.1, 0.15) is 9.84 Å². The number of hydrogen-bond donors (Lipinski definition) is 2. The number of carbonyl (C=O) groups is 1. The van der Waals surface area contributed by atoms with Crippen molar-refractivity contribution in [2.75, 3.05) is 0 Å². The number of nitrogens with one attached hydrogen (secondary N) is 2. The Bertz CT molecular complexity index is 1140. The first-order chi connectivity index (χ1) is 12.6. The van der Waals surface area contributed by atoms with E-state index in [1.54, 1.807) is 6.92 Å². The summed E-state index contributed by atoms with van der Waals surface area (Å²) in [5, 5.41) is 6.16. The standard InChI is InChI=1S/C18H14N4O2S2/c1-10-14-16(23)20-9-21-18(14)26-15(10)17(24)19-7-13-22-12(8-25-13)11-5-3-2-4-6-11/h2-6,8-9H,7H2,1H3,(H,19,24)(H,20,21,23). The van der Waals surface area contributed by atoms with Gasteiger partial charge in [-0.15, -0.1) is 22.7 Å². The van der Waals surface area contributed by atoms with Gasteiger partial charge in [0.25, 0.3) is 11.5 Å². The van der Waals surface area contributed by atoms with Gasteiger partial charge in [0, 0.05) is 10.9 Å². The molecular weight excluding hydrogens is 368 g/mol. The van der Waals surface area contributed by atoms with Crippen molar-refractivity contribution in [2.45, 2.75) is 13.5 Å². The van der Waals surface area contributed by atoms with E-state index in [9.17, 15) is 9.59 Å². The third kappa shape index (κ3) is 3.04. The van der Waals surface area contributed by atoms with Gasteiger partial charge in [-0.3, -0.25) is 9.59 Å². The van der Waals surface area contributed by atoms with Crippen molar-refractivity contribution in [3.8, 4) is 11.3 Å². The summed E-state index contributed by atoms with van der Waals surface area (Å²) < 4.78 is 0. The zero-order valence-electron chi connectivity index (χ0n) is 13.8. The van der Waals surface area contributed by atoms with Crippen LogP contribution in [0.1, 0.15) is 20.2 Å². The van der Waals surface area contributed by atoms with Crippen LogP contribution in [0.3, 0.4) is 0 Å². The topological polar surface area (TPSA) is 87.7 Å². The number of thiophene rings is 1. The number of nitrogens with zero attached hydrogens (tertiary/aromatic N) is 2. The molecule has 0 aliphatic heterocycles. The molecule has 26 heavy (non-hydrogen) atoms. The summed E-state index contributed by atoms with van der Waals surface area (Å²) >= 11 is 2.73. The number of amides is 1. The Kier molecular flexibility index (Phi) is 4.36. The highest BCUT2D eigenvalue weighted by molar-refractivity contribution is 7.20. The first-order valence-corrected chi connectivity index (χ1v) is 9.58. The molecule has 0 radical (unpaired) electrons. The Morgan fingerprint density at radius 3 is 2.85 bits per heavy atom. The van der Waals surface area contributed by atoms with Crippen LogP contribution in [0.5, 0.6) is 0 Å². The molecule has 0 fully saturated rings. The van der Waals surface area contributed by atoms with E-state index in [2.05, 4.69) is 20.3 Å². The second kappa shape index (κ2) is 6.81. The predicted octanol–water partition coefficient (Wildman–Crippen LogP) is 3.35. The zero-order chi connectivity index (χ0) is 18.1. The van der Waals surface area contributed by atoms with Gasteiger partial charge in [-0.2, -0.15) is 0 Å². The molecule has 0 saturated heterocycles. The van der Waals surface area contributed by atoms with E-state index in [0.717, 1.165) is 16.3 Å². The maximum Gasteiger partial charge on any atom is 0.262 e. The first-order valence-electron chi connectivity index (χ1n) is 7.88. The molecule has 4 aromatic rings. The number of carbonyl (C=O) groups excluding carboxylic acids is 1. The third-order valence-electron chi connectivity index (χ3n) is 3.96. The fourth-order valence-electron chi connectivity index (χ4n) is 2.66. The van der Waals surface area contributed by atoms with Crippen LogP contribution < -0.4 is 10.9 Å². The molecule has 3 aromatic heterocycles. The largest absolute Gasteiger partial charge is 0.345 e. The predicted molar refractivity (Wildman–Crippen MR) is 104 cm³/mol. The van der Waals surface area contributed by atoms with Crippen molar-refractivity contribution < 1.29 is 4.79 Å². The Morgan fingerprint density at radius 2 is 2.08 bits per heavy atom. The highest BCUT2D eigenvalue weighted by Gasteiger charge is 2.18. The van der Waals surface area contributed by atoms with E-state index in [1.165, 1.54) is 29.0 Å².